The molecule has 1 aliphatic rings. The highest BCUT2D eigenvalue weighted by atomic mass is 16.3. The number of likely N-dealkylation sites (tertiary alicyclic amines) is 1. The van der Waals surface area contributed by atoms with Crippen LogP contribution < -0.4 is 0 Å². The van der Waals surface area contributed by atoms with Gasteiger partial charge in [0.05, 0.1) is 6.73 Å². The number of aliphatic hydroxyl groups is 1. The Morgan fingerprint density at radius 3 is 2.69 bits per heavy atom. The maximum Gasteiger partial charge on any atom is 0.0956 e. The van der Waals surface area contributed by atoms with E-state index in [-0.39, 0.29) is 6.73 Å². The largest absolute Gasteiger partial charge is 0.381 e. The number of aliphatic hydroxyl groups excluding tert-OH is 1. The van der Waals surface area contributed by atoms with Gasteiger partial charge in [-0.25, -0.2) is 0 Å². The van der Waals surface area contributed by atoms with Crippen molar-refractivity contribution in [3.8, 4) is 0 Å². The van der Waals surface area contributed by atoms with Gasteiger partial charge in [0.2, 0.25) is 0 Å². The molecule has 0 spiro atoms. The maximum atomic E-state index is 8.96. The fourth-order valence-electron chi connectivity index (χ4n) is 1.96. The first kappa shape index (κ1) is 8.73. The van der Waals surface area contributed by atoms with Crippen LogP contribution in [-0.2, 0) is 0 Å². The zero-order chi connectivity index (χ0) is 9.10. The lowest BCUT2D eigenvalue weighted by atomic mass is 9.99. The third kappa shape index (κ3) is 1.90. The molecule has 0 unspecified atom stereocenters. The molecule has 0 aromatic heterocycles. The Bertz CT molecular complexity index is 260. The lowest BCUT2D eigenvalue weighted by Gasteiger charge is -2.12. The highest BCUT2D eigenvalue weighted by Gasteiger charge is 2.22. The monoisotopic (exact) mass is 177 g/mol. The SMILES string of the molecule is OCN1CC[C@@H](c2ccccc2)C1. The molecule has 1 aromatic carbocycles. The number of hydrogen-bond donors (Lipinski definition) is 1. The summed E-state index contributed by atoms with van der Waals surface area (Å²) in [5.74, 6) is 0.619. The highest BCUT2D eigenvalue weighted by Crippen LogP contribution is 2.26. The fraction of sp³-hybridized carbons (Fsp3) is 0.455. The second-order valence-corrected chi connectivity index (χ2v) is 3.61. The van der Waals surface area contributed by atoms with Crippen molar-refractivity contribution in [3.63, 3.8) is 0 Å². The van der Waals surface area contributed by atoms with Crippen LogP contribution in [0.15, 0.2) is 30.3 Å². The molecule has 0 saturated carbocycles. The van der Waals surface area contributed by atoms with Crippen molar-refractivity contribution in [1.29, 1.82) is 0 Å². The summed E-state index contributed by atoms with van der Waals surface area (Å²) in [5, 5.41) is 8.96. The quantitative estimate of drug-likeness (QED) is 0.738. The molecule has 0 aliphatic carbocycles. The normalized spacial score (nSPS) is 23.6. The minimum atomic E-state index is 0.198. The molecule has 1 fully saturated rings. The maximum absolute atomic E-state index is 8.96. The van der Waals surface area contributed by atoms with Crippen LogP contribution in [-0.4, -0.2) is 29.8 Å². The average Bonchev–Trinajstić information content (AvgIpc) is 2.67. The molecular weight excluding hydrogens is 162 g/mol. The van der Waals surface area contributed by atoms with Crippen LogP contribution in [0.5, 0.6) is 0 Å². The smallest absolute Gasteiger partial charge is 0.0956 e. The lowest BCUT2D eigenvalue weighted by Crippen LogP contribution is -2.20. The summed E-state index contributed by atoms with van der Waals surface area (Å²) in [6.45, 7) is 2.22. The standard InChI is InChI=1S/C11H15NO/c13-9-12-7-6-11(8-12)10-4-2-1-3-5-10/h1-5,11,13H,6-9H2/t11-/m1/s1. The van der Waals surface area contributed by atoms with E-state index >= 15 is 0 Å². The Kier molecular flexibility index (Phi) is 2.62. The lowest BCUT2D eigenvalue weighted by molar-refractivity contribution is 0.130. The molecule has 0 radical (unpaired) electrons. The number of benzene rings is 1. The Balaban J connectivity index is 2.04. The van der Waals surface area contributed by atoms with Gasteiger partial charge in [0.1, 0.15) is 0 Å². The topological polar surface area (TPSA) is 23.5 Å². The molecule has 1 aromatic rings. The summed E-state index contributed by atoms with van der Waals surface area (Å²) in [5.41, 5.74) is 1.40. The van der Waals surface area contributed by atoms with Gasteiger partial charge in [-0.1, -0.05) is 30.3 Å². The van der Waals surface area contributed by atoms with Crippen molar-refractivity contribution >= 4 is 0 Å². The van der Waals surface area contributed by atoms with Crippen molar-refractivity contribution < 1.29 is 5.11 Å². The Labute approximate surface area is 78.8 Å². The second-order valence-electron chi connectivity index (χ2n) is 3.61. The van der Waals surface area contributed by atoms with Crippen molar-refractivity contribution in [2.45, 2.75) is 12.3 Å². The van der Waals surface area contributed by atoms with Crippen molar-refractivity contribution in [1.82, 2.24) is 4.90 Å². The molecule has 13 heavy (non-hydrogen) atoms. The minimum absolute atomic E-state index is 0.198. The minimum Gasteiger partial charge on any atom is -0.381 e. The molecule has 1 aliphatic heterocycles. The van der Waals surface area contributed by atoms with Gasteiger partial charge in [-0.3, -0.25) is 4.90 Å². The van der Waals surface area contributed by atoms with Gasteiger partial charge in [0, 0.05) is 13.1 Å². The summed E-state index contributed by atoms with van der Waals surface area (Å²) in [7, 11) is 0. The zero-order valence-electron chi connectivity index (χ0n) is 7.69. The summed E-state index contributed by atoms with van der Waals surface area (Å²) in [6.07, 6.45) is 1.17. The second kappa shape index (κ2) is 3.90. The first-order valence-corrected chi connectivity index (χ1v) is 4.78. The van der Waals surface area contributed by atoms with E-state index in [1.165, 1.54) is 12.0 Å². The molecule has 0 bridgehead atoms. The van der Waals surface area contributed by atoms with Crippen molar-refractivity contribution in [2.75, 3.05) is 19.8 Å². The first-order chi connectivity index (χ1) is 6.40. The third-order valence-electron chi connectivity index (χ3n) is 2.74. The summed E-state index contributed by atoms with van der Waals surface area (Å²) in [6, 6.07) is 10.5. The molecule has 1 heterocycles. The van der Waals surface area contributed by atoms with E-state index in [1.54, 1.807) is 0 Å². The van der Waals surface area contributed by atoms with Crippen LogP contribution in [0.1, 0.15) is 17.9 Å². The van der Waals surface area contributed by atoms with Crippen LogP contribution in [0, 0.1) is 0 Å². The van der Waals surface area contributed by atoms with E-state index in [9.17, 15) is 0 Å². The zero-order valence-corrected chi connectivity index (χ0v) is 7.69. The van der Waals surface area contributed by atoms with Gasteiger partial charge in [-0.05, 0) is 17.9 Å². The van der Waals surface area contributed by atoms with E-state index in [4.69, 9.17) is 5.11 Å². The average molecular weight is 177 g/mol. The van der Waals surface area contributed by atoms with Crippen LogP contribution in [0.3, 0.4) is 0 Å². The highest BCUT2D eigenvalue weighted by molar-refractivity contribution is 5.20. The van der Waals surface area contributed by atoms with Gasteiger partial charge < -0.3 is 5.11 Å². The molecule has 70 valence electrons. The van der Waals surface area contributed by atoms with E-state index in [1.807, 2.05) is 6.07 Å². The summed E-state index contributed by atoms with van der Waals surface area (Å²) < 4.78 is 0. The molecule has 0 amide bonds. The fourth-order valence-corrected chi connectivity index (χ4v) is 1.96. The van der Waals surface area contributed by atoms with Crippen LogP contribution in [0.2, 0.25) is 0 Å². The van der Waals surface area contributed by atoms with E-state index in [0.717, 1.165) is 13.1 Å². The van der Waals surface area contributed by atoms with Gasteiger partial charge in [0.15, 0.2) is 0 Å². The molecular formula is C11H15NO. The van der Waals surface area contributed by atoms with Crippen molar-refractivity contribution in [3.05, 3.63) is 35.9 Å². The molecule has 2 nitrogen and oxygen atoms in total. The van der Waals surface area contributed by atoms with E-state index < -0.39 is 0 Å². The molecule has 2 rings (SSSR count). The third-order valence-corrected chi connectivity index (χ3v) is 2.74. The number of rotatable bonds is 2. The number of nitrogens with zero attached hydrogens (tertiary/aromatic N) is 1. The van der Waals surface area contributed by atoms with Gasteiger partial charge in [-0.15, -0.1) is 0 Å². The summed E-state index contributed by atoms with van der Waals surface area (Å²) in [4.78, 5) is 2.08. The van der Waals surface area contributed by atoms with Crippen LogP contribution >= 0.6 is 0 Å². The van der Waals surface area contributed by atoms with Crippen molar-refractivity contribution in [2.24, 2.45) is 0 Å². The summed E-state index contributed by atoms with van der Waals surface area (Å²) >= 11 is 0. The van der Waals surface area contributed by atoms with Gasteiger partial charge >= 0.3 is 0 Å². The van der Waals surface area contributed by atoms with Gasteiger partial charge in [0.25, 0.3) is 0 Å². The molecule has 2 heteroatoms. The van der Waals surface area contributed by atoms with Crippen LogP contribution in [0.4, 0.5) is 0 Å². The molecule has 1 atom stereocenters. The van der Waals surface area contributed by atoms with Gasteiger partial charge in [-0.2, -0.15) is 0 Å². The van der Waals surface area contributed by atoms with E-state index in [0.29, 0.717) is 5.92 Å². The van der Waals surface area contributed by atoms with Crippen LogP contribution in [0.25, 0.3) is 0 Å². The Morgan fingerprint density at radius 1 is 1.31 bits per heavy atom. The Hall–Kier alpha value is -0.860. The Morgan fingerprint density at radius 2 is 2.08 bits per heavy atom. The predicted octanol–water partition coefficient (Wildman–Crippen LogP) is 1.43. The van der Waals surface area contributed by atoms with E-state index in [2.05, 4.69) is 29.2 Å². The molecule has 1 saturated heterocycles. The molecule has 1 N–H and O–H groups in total. The predicted molar refractivity (Wildman–Crippen MR) is 52.5 cm³/mol. The number of hydrogen-bond acceptors (Lipinski definition) is 2. The first-order valence-electron chi connectivity index (χ1n) is 4.78.